The third-order valence-electron chi connectivity index (χ3n) is 2.95. The molecule has 0 aliphatic carbocycles. The molecule has 1 N–H and O–H groups in total. The third-order valence-corrected chi connectivity index (χ3v) is 5.02. The fourth-order valence-electron chi connectivity index (χ4n) is 1.82. The van der Waals surface area contributed by atoms with Crippen LogP contribution in [0.3, 0.4) is 0 Å². The molecule has 0 bridgehead atoms. The van der Waals surface area contributed by atoms with E-state index < -0.39 is 8.07 Å². The summed E-state index contributed by atoms with van der Waals surface area (Å²) >= 11 is 0. The van der Waals surface area contributed by atoms with Crippen molar-refractivity contribution in [2.45, 2.75) is 19.6 Å². The van der Waals surface area contributed by atoms with Gasteiger partial charge >= 0.3 is 0 Å². The zero-order valence-corrected chi connectivity index (χ0v) is 11.6. The minimum atomic E-state index is -1.21. The Morgan fingerprint density at radius 2 is 1.12 bits per heavy atom. The Bertz CT molecular complexity index is 492. The molecule has 0 saturated heterocycles. The van der Waals surface area contributed by atoms with Crippen LogP contribution in [0.5, 0.6) is 5.75 Å². The maximum Gasteiger partial charge on any atom is 0.115 e. The SMILES string of the molecule is C[Si](C)(C)c1ccc(-c2ccc(O)cc2)cc1. The molecule has 0 amide bonds. The van der Waals surface area contributed by atoms with Crippen molar-refractivity contribution in [1.29, 1.82) is 0 Å². The lowest BCUT2D eigenvalue weighted by Crippen LogP contribution is -2.37. The van der Waals surface area contributed by atoms with Gasteiger partial charge in [0.15, 0.2) is 0 Å². The molecule has 0 unspecified atom stereocenters. The van der Waals surface area contributed by atoms with Crippen LogP contribution in [0.1, 0.15) is 0 Å². The molecule has 2 rings (SSSR count). The second-order valence-electron chi connectivity index (χ2n) is 5.37. The van der Waals surface area contributed by atoms with Gasteiger partial charge < -0.3 is 5.11 Å². The summed E-state index contributed by atoms with van der Waals surface area (Å²) in [6.07, 6.45) is 0. The van der Waals surface area contributed by atoms with E-state index in [9.17, 15) is 5.11 Å². The summed E-state index contributed by atoms with van der Waals surface area (Å²) in [4.78, 5) is 0. The molecule has 0 fully saturated rings. The van der Waals surface area contributed by atoms with E-state index in [-0.39, 0.29) is 0 Å². The molecule has 0 spiro atoms. The van der Waals surface area contributed by atoms with Gasteiger partial charge in [-0.3, -0.25) is 0 Å². The van der Waals surface area contributed by atoms with E-state index in [0.717, 1.165) is 5.56 Å². The standard InChI is InChI=1S/C15H18OSi/c1-17(2,3)15-10-6-13(7-11-15)12-4-8-14(16)9-5-12/h4-11,16H,1-3H3. The first-order valence-corrected chi connectivity index (χ1v) is 9.37. The summed E-state index contributed by atoms with van der Waals surface area (Å²) < 4.78 is 0. The van der Waals surface area contributed by atoms with Crippen LogP contribution in [-0.4, -0.2) is 13.2 Å². The van der Waals surface area contributed by atoms with E-state index >= 15 is 0 Å². The largest absolute Gasteiger partial charge is 0.508 e. The van der Waals surface area contributed by atoms with Crippen LogP contribution in [0.4, 0.5) is 0 Å². The van der Waals surface area contributed by atoms with Crippen molar-refractivity contribution in [3.05, 3.63) is 48.5 Å². The number of hydrogen-bond donors (Lipinski definition) is 1. The molecule has 88 valence electrons. The molecule has 2 aromatic carbocycles. The fourth-order valence-corrected chi connectivity index (χ4v) is 2.98. The topological polar surface area (TPSA) is 20.2 Å². The summed E-state index contributed by atoms with van der Waals surface area (Å²) in [5, 5.41) is 10.7. The number of benzene rings is 2. The van der Waals surface area contributed by atoms with Crippen LogP contribution in [0.2, 0.25) is 19.6 Å². The van der Waals surface area contributed by atoms with Crippen LogP contribution in [-0.2, 0) is 0 Å². The first kappa shape index (κ1) is 11.9. The zero-order chi connectivity index (χ0) is 12.5. The molecule has 0 atom stereocenters. The quantitative estimate of drug-likeness (QED) is 0.798. The zero-order valence-electron chi connectivity index (χ0n) is 10.6. The summed E-state index contributed by atoms with van der Waals surface area (Å²) in [6.45, 7) is 7.05. The summed E-state index contributed by atoms with van der Waals surface area (Å²) in [5.41, 5.74) is 2.34. The molecule has 0 heterocycles. The lowest BCUT2D eigenvalue weighted by Gasteiger charge is -2.16. The Balaban J connectivity index is 2.33. The highest BCUT2D eigenvalue weighted by atomic mass is 28.3. The Morgan fingerprint density at radius 3 is 1.53 bits per heavy atom. The van der Waals surface area contributed by atoms with Crippen LogP contribution >= 0.6 is 0 Å². The van der Waals surface area contributed by atoms with Gasteiger partial charge in [0, 0.05) is 0 Å². The average Bonchev–Trinajstić information content (AvgIpc) is 2.29. The van der Waals surface area contributed by atoms with Crippen molar-refractivity contribution in [2.75, 3.05) is 0 Å². The van der Waals surface area contributed by atoms with E-state index in [4.69, 9.17) is 0 Å². The van der Waals surface area contributed by atoms with Gasteiger partial charge in [0.05, 0.1) is 8.07 Å². The molecule has 0 aliphatic rings. The second-order valence-corrected chi connectivity index (χ2v) is 10.5. The van der Waals surface area contributed by atoms with E-state index in [0.29, 0.717) is 5.75 Å². The van der Waals surface area contributed by atoms with Gasteiger partial charge in [-0.2, -0.15) is 0 Å². The molecule has 2 heteroatoms. The smallest absolute Gasteiger partial charge is 0.115 e. The molecule has 0 saturated carbocycles. The van der Waals surface area contributed by atoms with Crippen LogP contribution < -0.4 is 5.19 Å². The molecule has 1 nitrogen and oxygen atoms in total. The number of phenolic OH excluding ortho intramolecular Hbond substituents is 1. The van der Waals surface area contributed by atoms with Gasteiger partial charge in [-0.25, -0.2) is 0 Å². The first-order valence-electron chi connectivity index (χ1n) is 5.87. The molecular formula is C15H18OSi. The average molecular weight is 242 g/mol. The van der Waals surface area contributed by atoms with Crippen molar-refractivity contribution in [3.63, 3.8) is 0 Å². The van der Waals surface area contributed by atoms with E-state index in [1.165, 1.54) is 10.8 Å². The molecule has 0 aliphatic heterocycles. The summed E-state index contributed by atoms with van der Waals surface area (Å²) in [5.74, 6) is 0.312. The Morgan fingerprint density at radius 1 is 0.706 bits per heavy atom. The summed E-state index contributed by atoms with van der Waals surface area (Å²) in [6, 6.07) is 16.1. The predicted octanol–water partition coefficient (Wildman–Crippen LogP) is 3.60. The third kappa shape index (κ3) is 2.77. The summed E-state index contributed by atoms with van der Waals surface area (Å²) in [7, 11) is -1.21. The number of hydrogen-bond acceptors (Lipinski definition) is 1. The Kier molecular flexibility index (Phi) is 3.07. The fraction of sp³-hybridized carbons (Fsp3) is 0.200. The monoisotopic (exact) mass is 242 g/mol. The predicted molar refractivity (Wildman–Crippen MR) is 76.5 cm³/mol. The van der Waals surface area contributed by atoms with Crippen LogP contribution in [0.15, 0.2) is 48.5 Å². The number of rotatable bonds is 2. The van der Waals surface area contributed by atoms with Crippen molar-refractivity contribution in [1.82, 2.24) is 0 Å². The van der Waals surface area contributed by atoms with Gasteiger partial charge in [0.25, 0.3) is 0 Å². The number of phenols is 1. The van der Waals surface area contributed by atoms with Crippen molar-refractivity contribution in [2.24, 2.45) is 0 Å². The molecule has 0 aromatic heterocycles. The molecular weight excluding hydrogens is 224 g/mol. The van der Waals surface area contributed by atoms with Gasteiger partial charge in [-0.15, -0.1) is 0 Å². The molecule has 2 aromatic rings. The van der Waals surface area contributed by atoms with Crippen molar-refractivity contribution >= 4 is 13.3 Å². The Labute approximate surface area is 104 Å². The van der Waals surface area contributed by atoms with E-state index in [2.05, 4.69) is 43.9 Å². The lowest BCUT2D eigenvalue weighted by molar-refractivity contribution is 0.475. The molecule has 0 radical (unpaired) electrons. The van der Waals surface area contributed by atoms with Gasteiger partial charge in [0.1, 0.15) is 5.75 Å². The normalized spacial score (nSPS) is 11.5. The van der Waals surface area contributed by atoms with Gasteiger partial charge in [-0.05, 0) is 23.3 Å². The van der Waals surface area contributed by atoms with Crippen LogP contribution in [0.25, 0.3) is 11.1 Å². The van der Waals surface area contributed by atoms with E-state index in [1.54, 1.807) is 12.1 Å². The Hall–Kier alpha value is -1.54. The minimum absolute atomic E-state index is 0.312. The minimum Gasteiger partial charge on any atom is -0.508 e. The van der Waals surface area contributed by atoms with Crippen LogP contribution in [0, 0.1) is 0 Å². The lowest BCUT2D eigenvalue weighted by atomic mass is 10.1. The highest BCUT2D eigenvalue weighted by Gasteiger charge is 2.15. The first-order chi connectivity index (χ1) is 7.97. The van der Waals surface area contributed by atoms with Crippen molar-refractivity contribution in [3.8, 4) is 16.9 Å². The highest BCUT2D eigenvalue weighted by Crippen LogP contribution is 2.21. The maximum atomic E-state index is 9.26. The number of aromatic hydroxyl groups is 1. The van der Waals surface area contributed by atoms with Gasteiger partial charge in [-0.1, -0.05) is 61.2 Å². The van der Waals surface area contributed by atoms with Crippen molar-refractivity contribution < 1.29 is 5.11 Å². The van der Waals surface area contributed by atoms with E-state index in [1.807, 2.05) is 12.1 Å². The highest BCUT2D eigenvalue weighted by molar-refractivity contribution is 6.88. The van der Waals surface area contributed by atoms with Gasteiger partial charge in [0.2, 0.25) is 0 Å². The molecule has 17 heavy (non-hydrogen) atoms. The maximum absolute atomic E-state index is 9.26. The second kappa shape index (κ2) is 4.38.